The van der Waals surface area contributed by atoms with Gasteiger partial charge in [0.25, 0.3) is 0 Å². The highest BCUT2D eigenvalue weighted by molar-refractivity contribution is 6.35. The average molecular weight is 541 g/mol. The molecule has 194 valence electrons. The molecule has 1 aliphatic heterocycles. The number of benzene rings is 1. The fraction of sp³-hybridized carbons (Fsp3) is 0.481. The van der Waals surface area contributed by atoms with Crippen molar-refractivity contribution in [3.8, 4) is 6.07 Å². The van der Waals surface area contributed by atoms with Crippen LogP contribution in [0.25, 0.3) is 16.7 Å². The molecule has 0 saturated carbocycles. The Kier molecular flexibility index (Phi) is 7.27. The molecule has 1 saturated heterocycles. The predicted octanol–water partition coefficient (Wildman–Crippen LogP) is 4.88. The van der Waals surface area contributed by atoms with Crippen molar-refractivity contribution in [2.45, 2.75) is 51.3 Å². The van der Waals surface area contributed by atoms with Crippen molar-refractivity contribution in [1.29, 1.82) is 5.26 Å². The van der Waals surface area contributed by atoms with Gasteiger partial charge in [-0.1, -0.05) is 49.2 Å². The van der Waals surface area contributed by atoms with E-state index in [2.05, 4.69) is 41.0 Å². The zero-order valence-electron chi connectivity index (χ0n) is 21.2. The summed E-state index contributed by atoms with van der Waals surface area (Å²) in [6.45, 7) is 8.64. The van der Waals surface area contributed by atoms with E-state index < -0.39 is 5.60 Å². The molecule has 2 aliphatic rings. The van der Waals surface area contributed by atoms with Crippen LogP contribution in [0, 0.1) is 17.2 Å². The lowest BCUT2D eigenvalue weighted by molar-refractivity contribution is -0.190. The van der Waals surface area contributed by atoms with Gasteiger partial charge in [0.1, 0.15) is 17.2 Å². The SMILES string of the molecule is CCN(CC1(O)COC1)C1CC=C(c2cnc3c(C#N)nn([C@H](C)c4ccc(Cl)cc4Cl)c3n2)CC1C. The first kappa shape index (κ1) is 26.1. The molecule has 0 amide bonds. The maximum Gasteiger partial charge on any atom is 0.190 e. The summed E-state index contributed by atoms with van der Waals surface area (Å²) >= 11 is 12.6. The molecule has 1 aliphatic carbocycles. The average Bonchev–Trinajstić information content (AvgIpc) is 3.24. The van der Waals surface area contributed by atoms with Crippen molar-refractivity contribution < 1.29 is 9.84 Å². The standard InChI is InChI=1S/C27H30Cl2N6O2/c1-4-34(13-27(36)14-37-15-27)24-8-5-18(9-16(24)2)23-12-31-25-22(11-30)33-35(26(25)32-23)17(3)20-7-6-19(28)10-21(20)29/h5-7,10,12,16-17,24,36H,4,8-9,13-15H2,1-3H3/t16?,17-,24?/m1/s1. The molecule has 2 aromatic heterocycles. The minimum absolute atomic E-state index is 0.230. The second kappa shape index (κ2) is 10.3. The van der Waals surface area contributed by atoms with Crippen molar-refractivity contribution in [2.75, 3.05) is 26.3 Å². The van der Waals surface area contributed by atoms with Crippen molar-refractivity contribution >= 4 is 39.9 Å². The Hall–Kier alpha value is -2.54. The van der Waals surface area contributed by atoms with Crippen LogP contribution in [0.15, 0.2) is 30.5 Å². The van der Waals surface area contributed by atoms with E-state index in [1.54, 1.807) is 23.0 Å². The van der Waals surface area contributed by atoms with Gasteiger partial charge in [-0.2, -0.15) is 10.4 Å². The van der Waals surface area contributed by atoms with Crippen molar-refractivity contribution in [3.63, 3.8) is 0 Å². The normalized spacial score (nSPS) is 21.9. The summed E-state index contributed by atoms with van der Waals surface area (Å²) in [5.74, 6) is 0.369. The molecular formula is C27H30Cl2N6O2. The Morgan fingerprint density at radius 3 is 2.76 bits per heavy atom. The summed E-state index contributed by atoms with van der Waals surface area (Å²) < 4.78 is 6.96. The van der Waals surface area contributed by atoms with Gasteiger partial charge >= 0.3 is 0 Å². The Labute approximate surface area is 226 Å². The number of nitriles is 1. The Balaban J connectivity index is 1.45. The summed E-state index contributed by atoms with van der Waals surface area (Å²) in [5.41, 5.74) is 3.25. The minimum atomic E-state index is -0.739. The largest absolute Gasteiger partial charge is 0.384 e. The first-order chi connectivity index (χ1) is 17.7. The van der Waals surface area contributed by atoms with E-state index >= 15 is 0 Å². The van der Waals surface area contributed by atoms with Gasteiger partial charge in [-0.15, -0.1) is 0 Å². The third kappa shape index (κ3) is 4.99. The van der Waals surface area contributed by atoms with Gasteiger partial charge in [-0.05, 0) is 55.5 Å². The molecule has 1 aromatic carbocycles. The van der Waals surface area contributed by atoms with Crippen LogP contribution in [0.3, 0.4) is 0 Å². The molecule has 0 spiro atoms. The topological polar surface area (TPSA) is 100 Å². The third-order valence-electron chi connectivity index (χ3n) is 7.54. The van der Waals surface area contributed by atoms with E-state index in [1.165, 1.54) is 0 Å². The number of hydrogen-bond acceptors (Lipinski definition) is 7. The molecular weight excluding hydrogens is 511 g/mol. The lowest BCUT2D eigenvalue weighted by Gasteiger charge is -2.44. The van der Waals surface area contributed by atoms with Crippen LogP contribution in [0.4, 0.5) is 0 Å². The molecule has 10 heteroatoms. The Morgan fingerprint density at radius 2 is 2.14 bits per heavy atom. The van der Waals surface area contributed by atoms with Crippen LogP contribution in [0.1, 0.15) is 56.6 Å². The van der Waals surface area contributed by atoms with Crippen LogP contribution in [0.2, 0.25) is 10.0 Å². The van der Waals surface area contributed by atoms with Crippen molar-refractivity contribution in [2.24, 2.45) is 5.92 Å². The summed E-state index contributed by atoms with van der Waals surface area (Å²) in [7, 11) is 0. The molecule has 8 nitrogen and oxygen atoms in total. The zero-order chi connectivity index (χ0) is 26.3. The third-order valence-corrected chi connectivity index (χ3v) is 8.10. The van der Waals surface area contributed by atoms with Gasteiger partial charge in [0.05, 0.1) is 31.1 Å². The lowest BCUT2D eigenvalue weighted by atomic mass is 9.83. The van der Waals surface area contributed by atoms with E-state index in [1.807, 2.05) is 13.0 Å². The second-order valence-corrected chi connectivity index (χ2v) is 11.0. The number of halogens is 2. The van der Waals surface area contributed by atoms with E-state index in [9.17, 15) is 10.4 Å². The molecule has 3 aromatic rings. The highest BCUT2D eigenvalue weighted by Gasteiger charge is 2.40. The smallest absolute Gasteiger partial charge is 0.190 e. The first-order valence-corrected chi connectivity index (χ1v) is 13.3. The maximum absolute atomic E-state index is 10.6. The lowest BCUT2D eigenvalue weighted by Crippen LogP contribution is -2.59. The maximum atomic E-state index is 10.6. The van der Waals surface area contributed by atoms with E-state index in [4.69, 9.17) is 32.9 Å². The van der Waals surface area contributed by atoms with E-state index in [-0.39, 0.29) is 11.7 Å². The Bertz CT molecular complexity index is 1390. The number of nitrogens with zero attached hydrogens (tertiary/aromatic N) is 6. The zero-order valence-corrected chi connectivity index (χ0v) is 22.7. The number of likely N-dealkylation sites (N-methyl/N-ethyl adjacent to an activating group) is 1. The molecule has 0 radical (unpaired) electrons. The van der Waals surface area contributed by atoms with Crippen molar-refractivity contribution in [1.82, 2.24) is 24.6 Å². The number of allylic oxidation sites excluding steroid dienone is 1. The Morgan fingerprint density at radius 1 is 1.35 bits per heavy atom. The molecule has 1 N–H and O–H groups in total. The minimum Gasteiger partial charge on any atom is -0.384 e. The number of rotatable bonds is 7. The van der Waals surface area contributed by atoms with Gasteiger partial charge in [0, 0.05) is 22.6 Å². The molecule has 5 rings (SSSR count). The van der Waals surface area contributed by atoms with Crippen LogP contribution in [-0.2, 0) is 4.74 Å². The fourth-order valence-corrected chi connectivity index (χ4v) is 6.00. The molecule has 0 bridgehead atoms. The molecule has 3 atom stereocenters. The number of ether oxygens (including phenoxy) is 1. The van der Waals surface area contributed by atoms with Gasteiger partial charge in [-0.25, -0.2) is 14.6 Å². The van der Waals surface area contributed by atoms with Crippen LogP contribution in [0.5, 0.6) is 0 Å². The highest BCUT2D eigenvalue weighted by Crippen LogP contribution is 2.35. The number of aliphatic hydroxyl groups is 1. The monoisotopic (exact) mass is 540 g/mol. The first-order valence-electron chi connectivity index (χ1n) is 12.6. The van der Waals surface area contributed by atoms with Gasteiger partial charge in [0.2, 0.25) is 0 Å². The predicted molar refractivity (Wildman–Crippen MR) is 143 cm³/mol. The molecule has 37 heavy (non-hydrogen) atoms. The van der Waals surface area contributed by atoms with E-state index in [0.29, 0.717) is 52.9 Å². The summed E-state index contributed by atoms with van der Waals surface area (Å²) in [6, 6.07) is 7.55. The fourth-order valence-electron chi connectivity index (χ4n) is 5.43. The molecule has 2 unspecified atom stereocenters. The molecule has 3 heterocycles. The number of aromatic nitrogens is 4. The van der Waals surface area contributed by atoms with Crippen molar-refractivity contribution in [3.05, 3.63) is 57.5 Å². The summed E-state index contributed by atoms with van der Waals surface area (Å²) in [5, 5.41) is 25.9. The number of hydrogen-bond donors (Lipinski definition) is 1. The van der Waals surface area contributed by atoms with Crippen LogP contribution < -0.4 is 0 Å². The molecule has 1 fully saturated rings. The quantitative estimate of drug-likeness (QED) is 0.455. The van der Waals surface area contributed by atoms with Gasteiger partial charge in [0.15, 0.2) is 11.3 Å². The highest BCUT2D eigenvalue weighted by atomic mass is 35.5. The second-order valence-electron chi connectivity index (χ2n) is 10.2. The van der Waals surface area contributed by atoms with Gasteiger partial charge in [-0.3, -0.25) is 4.90 Å². The summed E-state index contributed by atoms with van der Waals surface area (Å²) in [4.78, 5) is 11.9. The van der Waals surface area contributed by atoms with E-state index in [0.717, 1.165) is 36.2 Å². The van der Waals surface area contributed by atoms with Gasteiger partial charge < -0.3 is 9.84 Å². The van der Waals surface area contributed by atoms with Crippen LogP contribution >= 0.6 is 23.2 Å². The number of fused-ring (bicyclic) bond motifs is 1. The van der Waals surface area contributed by atoms with Crippen LogP contribution in [-0.4, -0.2) is 67.7 Å². The summed E-state index contributed by atoms with van der Waals surface area (Å²) in [6.07, 6.45) is 5.67.